The molecule has 1 amide bonds. The molecule has 0 fully saturated rings. The molecule has 0 spiro atoms. The Labute approximate surface area is 129 Å². The van der Waals surface area contributed by atoms with Crippen molar-refractivity contribution < 1.29 is 4.79 Å². The lowest BCUT2D eigenvalue weighted by molar-refractivity contribution is -0.122. The van der Waals surface area contributed by atoms with Gasteiger partial charge in [0.2, 0.25) is 5.91 Å². The largest absolute Gasteiger partial charge is 0.355 e. The van der Waals surface area contributed by atoms with E-state index in [0.717, 1.165) is 16.5 Å². The van der Waals surface area contributed by atoms with Crippen molar-refractivity contribution in [2.75, 3.05) is 20.1 Å². The maximum absolute atomic E-state index is 11.8. The van der Waals surface area contributed by atoms with Gasteiger partial charge in [0.05, 0.1) is 12.6 Å². The summed E-state index contributed by atoms with van der Waals surface area (Å²) in [6.45, 7) is 4.97. The van der Waals surface area contributed by atoms with Crippen LogP contribution in [0, 0.1) is 0 Å². The summed E-state index contributed by atoms with van der Waals surface area (Å²) in [7, 11) is 1.94. The highest BCUT2D eigenvalue weighted by molar-refractivity contribution is 9.10. The average Bonchev–Trinajstić information content (AvgIpc) is 2.41. The van der Waals surface area contributed by atoms with Crippen LogP contribution < -0.4 is 11.1 Å². The van der Waals surface area contributed by atoms with Crippen molar-refractivity contribution in [3.63, 3.8) is 0 Å². The Bertz CT molecular complexity index is 439. The van der Waals surface area contributed by atoms with E-state index >= 15 is 0 Å². The Morgan fingerprint density at radius 1 is 1.40 bits per heavy atom. The highest BCUT2D eigenvalue weighted by Gasteiger charge is 2.25. The molecule has 20 heavy (non-hydrogen) atoms. The number of halogens is 1. The molecule has 0 aliphatic rings. The van der Waals surface area contributed by atoms with Crippen molar-refractivity contribution in [2.24, 2.45) is 5.73 Å². The van der Waals surface area contributed by atoms with Crippen LogP contribution in [-0.4, -0.2) is 37.0 Å². The van der Waals surface area contributed by atoms with E-state index in [1.165, 1.54) is 0 Å². The van der Waals surface area contributed by atoms with Gasteiger partial charge in [-0.1, -0.05) is 41.1 Å². The molecule has 1 rings (SSSR count). The topological polar surface area (TPSA) is 58.4 Å². The van der Waals surface area contributed by atoms with Gasteiger partial charge in [-0.2, -0.15) is 0 Å². The zero-order valence-corrected chi connectivity index (χ0v) is 14.0. The normalized spacial score (nSPS) is 14.1. The van der Waals surface area contributed by atoms with Crippen LogP contribution in [0.3, 0.4) is 0 Å². The molecule has 0 saturated heterocycles. The molecule has 0 heterocycles. The zero-order valence-electron chi connectivity index (χ0n) is 12.4. The zero-order chi connectivity index (χ0) is 15.1. The molecule has 0 radical (unpaired) electrons. The molecule has 0 bridgehead atoms. The number of carbonyl (C=O) groups excluding carboxylic acids is 1. The van der Waals surface area contributed by atoms with E-state index in [4.69, 9.17) is 5.73 Å². The van der Waals surface area contributed by atoms with Gasteiger partial charge < -0.3 is 11.1 Å². The monoisotopic (exact) mass is 341 g/mol. The van der Waals surface area contributed by atoms with E-state index in [-0.39, 0.29) is 18.0 Å². The number of hydrogen-bond donors (Lipinski definition) is 2. The second-order valence-corrected chi connectivity index (χ2v) is 5.76. The summed E-state index contributed by atoms with van der Waals surface area (Å²) < 4.78 is 1.02. The van der Waals surface area contributed by atoms with E-state index < -0.39 is 0 Å². The van der Waals surface area contributed by atoms with Crippen LogP contribution in [0.2, 0.25) is 0 Å². The minimum atomic E-state index is -0.0203. The maximum Gasteiger partial charge on any atom is 0.234 e. The average molecular weight is 342 g/mol. The lowest BCUT2D eigenvalue weighted by Crippen LogP contribution is -2.43. The molecule has 0 aliphatic heterocycles. The van der Waals surface area contributed by atoms with E-state index in [1.54, 1.807) is 0 Å². The van der Waals surface area contributed by atoms with Crippen molar-refractivity contribution in [1.82, 2.24) is 10.2 Å². The number of nitrogens with one attached hydrogen (secondary N) is 1. The number of amides is 1. The molecule has 2 atom stereocenters. The highest BCUT2D eigenvalue weighted by Crippen LogP contribution is 2.29. The quantitative estimate of drug-likeness (QED) is 0.799. The highest BCUT2D eigenvalue weighted by atomic mass is 79.9. The Morgan fingerprint density at radius 3 is 2.60 bits per heavy atom. The first-order chi connectivity index (χ1) is 9.51. The van der Waals surface area contributed by atoms with E-state index in [1.807, 2.05) is 37.1 Å². The van der Waals surface area contributed by atoms with Gasteiger partial charge >= 0.3 is 0 Å². The summed E-state index contributed by atoms with van der Waals surface area (Å²) in [6, 6.07) is 8.02. The van der Waals surface area contributed by atoms with Crippen LogP contribution in [0.15, 0.2) is 28.7 Å². The van der Waals surface area contributed by atoms with Crippen molar-refractivity contribution in [1.29, 1.82) is 0 Å². The third kappa shape index (κ3) is 4.58. The van der Waals surface area contributed by atoms with Gasteiger partial charge in [0.1, 0.15) is 0 Å². The summed E-state index contributed by atoms with van der Waals surface area (Å²) in [6.07, 6.45) is 0.853. The van der Waals surface area contributed by atoms with E-state index in [9.17, 15) is 4.79 Å². The van der Waals surface area contributed by atoms with Crippen molar-refractivity contribution in [3.8, 4) is 0 Å². The number of carbonyl (C=O) groups is 1. The second kappa shape index (κ2) is 8.39. The van der Waals surface area contributed by atoms with Crippen LogP contribution in [0.5, 0.6) is 0 Å². The number of likely N-dealkylation sites (N-methyl/N-ethyl adjacent to an activating group) is 2. The first-order valence-corrected chi connectivity index (χ1v) is 7.77. The number of nitrogens with two attached hydrogens (primary N) is 1. The molecular weight excluding hydrogens is 318 g/mol. The molecule has 1 aromatic rings. The predicted molar refractivity (Wildman–Crippen MR) is 86.5 cm³/mol. The fourth-order valence-electron chi connectivity index (χ4n) is 2.31. The second-order valence-electron chi connectivity index (χ2n) is 4.91. The first-order valence-electron chi connectivity index (χ1n) is 6.98. The minimum Gasteiger partial charge on any atom is -0.355 e. The van der Waals surface area contributed by atoms with Gasteiger partial charge in [-0.05, 0) is 32.0 Å². The molecular formula is C15H24BrN3O. The maximum atomic E-state index is 11.8. The minimum absolute atomic E-state index is 0.0122. The van der Waals surface area contributed by atoms with Crippen LogP contribution in [-0.2, 0) is 4.79 Å². The summed E-state index contributed by atoms with van der Waals surface area (Å²) >= 11 is 3.58. The fraction of sp³-hybridized carbons (Fsp3) is 0.533. The lowest BCUT2D eigenvalue weighted by atomic mass is 9.96. The molecule has 4 nitrogen and oxygen atoms in total. The molecule has 0 saturated carbocycles. The third-order valence-electron chi connectivity index (χ3n) is 3.34. The van der Waals surface area contributed by atoms with Crippen molar-refractivity contribution in [2.45, 2.75) is 32.4 Å². The number of hydrogen-bond acceptors (Lipinski definition) is 3. The molecule has 0 aromatic heterocycles. The summed E-state index contributed by atoms with van der Waals surface area (Å²) in [5.41, 5.74) is 7.39. The first kappa shape index (κ1) is 17.1. The van der Waals surface area contributed by atoms with Gasteiger partial charge in [0, 0.05) is 17.1 Å². The van der Waals surface area contributed by atoms with Crippen molar-refractivity contribution in [3.05, 3.63) is 34.3 Å². The molecule has 112 valence electrons. The molecule has 3 N–H and O–H groups in total. The molecule has 0 aliphatic carbocycles. The van der Waals surface area contributed by atoms with Crippen LogP contribution in [0.4, 0.5) is 0 Å². The van der Waals surface area contributed by atoms with Gasteiger partial charge in [0.15, 0.2) is 0 Å². The Balaban J connectivity index is 2.95. The Kier molecular flexibility index (Phi) is 7.19. The van der Waals surface area contributed by atoms with Gasteiger partial charge in [-0.3, -0.25) is 9.69 Å². The summed E-state index contributed by atoms with van der Waals surface area (Å²) in [5, 5.41) is 2.82. The smallest absolute Gasteiger partial charge is 0.234 e. The lowest BCUT2D eigenvalue weighted by Gasteiger charge is -2.33. The van der Waals surface area contributed by atoms with Gasteiger partial charge in [0.25, 0.3) is 0 Å². The Hall–Kier alpha value is -0.910. The SMILES string of the molecule is CCNC(=O)CN(C)C(c1ccccc1Br)C(N)CC. The number of benzene rings is 1. The van der Waals surface area contributed by atoms with E-state index in [0.29, 0.717) is 13.1 Å². The Morgan fingerprint density at radius 2 is 2.05 bits per heavy atom. The molecule has 1 aromatic carbocycles. The predicted octanol–water partition coefficient (Wildman–Crippen LogP) is 2.30. The third-order valence-corrected chi connectivity index (χ3v) is 4.06. The van der Waals surface area contributed by atoms with Crippen LogP contribution in [0.1, 0.15) is 31.9 Å². The molecule has 5 heteroatoms. The number of nitrogens with zero attached hydrogens (tertiary/aromatic N) is 1. The van der Waals surface area contributed by atoms with Crippen LogP contribution >= 0.6 is 15.9 Å². The summed E-state index contributed by atoms with van der Waals surface area (Å²) in [4.78, 5) is 13.8. The number of rotatable bonds is 7. The summed E-state index contributed by atoms with van der Waals surface area (Å²) in [5.74, 6) is 0.0235. The van der Waals surface area contributed by atoms with Crippen molar-refractivity contribution >= 4 is 21.8 Å². The fourth-order valence-corrected chi connectivity index (χ4v) is 2.83. The molecule has 2 unspecified atom stereocenters. The van der Waals surface area contributed by atoms with Gasteiger partial charge in [-0.25, -0.2) is 0 Å². The standard InChI is InChI=1S/C15H24BrN3O/c1-4-13(17)15(11-8-6-7-9-12(11)16)19(3)10-14(20)18-5-2/h6-9,13,15H,4-5,10,17H2,1-3H3,(H,18,20). The van der Waals surface area contributed by atoms with Gasteiger partial charge in [-0.15, -0.1) is 0 Å². The van der Waals surface area contributed by atoms with Crippen LogP contribution in [0.25, 0.3) is 0 Å². The van der Waals surface area contributed by atoms with E-state index in [2.05, 4.69) is 34.2 Å².